The van der Waals surface area contributed by atoms with Crippen molar-refractivity contribution < 1.29 is 56.7 Å². The Morgan fingerprint density at radius 1 is 0.545 bits per heavy atom. The average molecular weight is 1040 g/mol. The Labute approximate surface area is 440 Å². The summed E-state index contributed by atoms with van der Waals surface area (Å²) >= 11 is 0. The van der Waals surface area contributed by atoms with Gasteiger partial charge in [0.25, 0.3) is 11.8 Å². The van der Waals surface area contributed by atoms with Crippen molar-refractivity contribution in [3.8, 4) is 23.0 Å². The lowest BCUT2D eigenvalue weighted by Crippen LogP contribution is -2.42. The minimum absolute atomic E-state index is 0.0723. The van der Waals surface area contributed by atoms with Gasteiger partial charge in [-0.1, -0.05) is 84.9 Å². The van der Waals surface area contributed by atoms with Crippen LogP contribution in [0.4, 0.5) is 18.4 Å². The molecule has 16 nitrogen and oxygen atoms in total. The number of aromatic nitrogens is 2. The third-order valence-electron chi connectivity index (χ3n) is 13.8. The summed E-state index contributed by atoms with van der Waals surface area (Å²) in [4.78, 5) is 68.9. The second kappa shape index (κ2) is 22.1. The van der Waals surface area contributed by atoms with E-state index in [0.29, 0.717) is 91.3 Å². The third-order valence-corrected chi connectivity index (χ3v) is 13.8. The fourth-order valence-electron chi connectivity index (χ4n) is 9.94. The molecule has 0 radical (unpaired) electrons. The van der Waals surface area contributed by atoms with E-state index in [2.05, 4.69) is 9.97 Å². The van der Waals surface area contributed by atoms with Gasteiger partial charge in [0.05, 0.1) is 50.6 Å². The SMILES string of the molecule is O=C(Oc1c2c(c(O)c3ncccc13)C(=O)N(Cc1ccc(F)cc1)C2)N1CCOCC1.O=C(Oc1c2c(c(OC(c3ccccc3)c3ccccc3)c3ncccc13)C(=O)N(Cc1ccc(F)cc1)C2)N1CCOCC1. The van der Waals surface area contributed by atoms with Crippen LogP contribution in [0.25, 0.3) is 21.8 Å². The van der Waals surface area contributed by atoms with Crippen LogP contribution in [0.5, 0.6) is 23.0 Å². The summed E-state index contributed by atoms with van der Waals surface area (Å²) in [6, 6.07) is 38.4. The minimum atomic E-state index is -0.553. The van der Waals surface area contributed by atoms with Crippen molar-refractivity contribution in [2.75, 3.05) is 52.6 Å². The number of carbonyl (C=O) groups excluding carboxylic acids is 4. The second-order valence-electron chi connectivity index (χ2n) is 18.7. The molecule has 2 fully saturated rings. The summed E-state index contributed by atoms with van der Waals surface area (Å²) in [6.45, 7) is 4.07. The molecule has 2 aromatic heterocycles. The maximum Gasteiger partial charge on any atom is 0.415 e. The molecule has 4 amide bonds. The molecule has 0 atom stereocenters. The number of ether oxygens (including phenoxy) is 5. The Balaban J connectivity index is 0.000000174. The third kappa shape index (κ3) is 10.4. The minimum Gasteiger partial charge on any atom is -0.505 e. The zero-order chi connectivity index (χ0) is 53.0. The predicted octanol–water partition coefficient (Wildman–Crippen LogP) is 9.60. The fourth-order valence-corrected chi connectivity index (χ4v) is 9.94. The average Bonchev–Trinajstić information content (AvgIpc) is 4.00. The number of benzene rings is 6. The number of rotatable bonds is 10. The Morgan fingerprint density at radius 3 is 1.45 bits per heavy atom. The smallest absolute Gasteiger partial charge is 0.415 e. The van der Waals surface area contributed by atoms with E-state index < -0.39 is 24.2 Å². The van der Waals surface area contributed by atoms with Crippen molar-refractivity contribution in [2.45, 2.75) is 32.3 Å². The first-order chi connectivity index (χ1) is 37.6. The van der Waals surface area contributed by atoms with Crippen LogP contribution < -0.4 is 14.2 Å². The number of pyridine rings is 2. The van der Waals surface area contributed by atoms with Gasteiger partial charge >= 0.3 is 12.2 Å². The molecule has 4 aliphatic heterocycles. The molecular weight excluding hydrogens is 991 g/mol. The lowest BCUT2D eigenvalue weighted by Gasteiger charge is -2.27. The maximum absolute atomic E-state index is 14.3. The number of phenolic OH excluding ortho intramolecular Hbond substituents is 1. The second-order valence-corrected chi connectivity index (χ2v) is 18.7. The Morgan fingerprint density at radius 2 is 0.974 bits per heavy atom. The number of fused-ring (bicyclic) bond motifs is 4. The van der Waals surface area contributed by atoms with Gasteiger partial charge < -0.3 is 48.4 Å². The zero-order valence-corrected chi connectivity index (χ0v) is 41.5. The van der Waals surface area contributed by atoms with Crippen LogP contribution in [-0.4, -0.2) is 111 Å². The van der Waals surface area contributed by atoms with E-state index in [1.165, 1.54) is 40.3 Å². The van der Waals surface area contributed by atoms with Gasteiger partial charge in [-0.2, -0.15) is 0 Å². The molecule has 0 saturated carbocycles. The number of morpholine rings is 2. The van der Waals surface area contributed by atoms with Crippen molar-refractivity contribution in [3.63, 3.8) is 0 Å². The lowest BCUT2D eigenvalue weighted by molar-refractivity contribution is 0.0415. The van der Waals surface area contributed by atoms with Gasteiger partial charge in [0.1, 0.15) is 40.3 Å². The molecule has 0 aliphatic carbocycles. The number of halogens is 2. The van der Waals surface area contributed by atoms with Crippen molar-refractivity contribution >= 4 is 45.8 Å². The van der Waals surface area contributed by atoms with Crippen molar-refractivity contribution in [3.05, 3.63) is 202 Å². The molecule has 8 aromatic rings. The molecule has 0 unspecified atom stereocenters. The highest BCUT2D eigenvalue weighted by molar-refractivity contribution is 6.10. The molecule has 1 N–H and O–H groups in total. The van der Waals surface area contributed by atoms with Crippen LogP contribution >= 0.6 is 0 Å². The molecule has 2 saturated heterocycles. The Kier molecular flexibility index (Phi) is 14.4. The molecule has 6 heterocycles. The van der Waals surface area contributed by atoms with Gasteiger partial charge in [-0.05, 0) is 70.8 Å². The van der Waals surface area contributed by atoms with Gasteiger partial charge in [-0.15, -0.1) is 0 Å². The monoisotopic (exact) mass is 1040 g/mol. The number of aromatic hydroxyl groups is 1. The van der Waals surface area contributed by atoms with Crippen LogP contribution in [0.1, 0.15) is 60.2 Å². The normalized spacial score (nSPS) is 15.1. The number of amides is 4. The topological polar surface area (TPSA) is 173 Å². The highest BCUT2D eigenvalue weighted by Crippen LogP contribution is 2.48. The standard InChI is InChI=1S/C36H30FN3O5.C23H20FN3O5/c37-27-15-13-24(14-16-27)22-40-23-29-30(35(40)41)34(44-32(25-8-3-1-4-9-25)26-10-5-2-6-11-26)31-28(12-7-17-38-31)33(29)45-36(42)39-18-20-43-21-19-39;24-15-5-3-14(4-6-15)12-27-13-17-18(22(27)29)20(28)19-16(2-1-7-25-19)21(17)32-23(30)26-8-10-31-11-9-26/h1-17,32H,18-23H2;1-7,28H,8-13H2. The van der Waals surface area contributed by atoms with Crippen molar-refractivity contribution in [1.82, 2.24) is 29.6 Å². The van der Waals surface area contributed by atoms with E-state index in [1.807, 2.05) is 66.7 Å². The number of carbonyl (C=O) groups is 4. The Bertz CT molecular complexity index is 3470. The number of hydrogen-bond acceptors (Lipinski definition) is 12. The summed E-state index contributed by atoms with van der Waals surface area (Å²) in [5.41, 5.74) is 5.24. The van der Waals surface area contributed by atoms with Crippen LogP contribution in [0.15, 0.2) is 146 Å². The van der Waals surface area contributed by atoms with E-state index >= 15 is 0 Å². The fraction of sp³-hybridized carbons (Fsp3) is 0.220. The predicted molar refractivity (Wildman–Crippen MR) is 277 cm³/mol. The van der Waals surface area contributed by atoms with E-state index in [0.717, 1.165) is 22.3 Å². The van der Waals surface area contributed by atoms with Gasteiger partial charge in [0.15, 0.2) is 11.5 Å². The quantitative estimate of drug-likeness (QED) is 0.138. The highest BCUT2D eigenvalue weighted by atomic mass is 19.1. The molecule has 6 aromatic carbocycles. The van der Waals surface area contributed by atoms with Gasteiger partial charge in [-0.3, -0.25) is 19.6 Å². The zero-order valence-electron chi connectivity index (χ0n) is 41.5. The first-order valence-corrected chi connectivity index (χ1v) is 25.1. The van der Waals surface area contributed by atoms with Gasteiger partial charge in [-0.25, -0.2) is 18.4 Å². The van der Waals surface area contributed by atoms with Crippen molar-refractivity contribution in [2.24, 2.45) is 0 Å². The molecule has 18 heteroatoms. The van der Waals surface area contributed by atoms with Gasteiger partial charge in [0.2, 0.25) is 0 Å². The van der Waals surface area contributed by atoms with Crippen LogP contribution in [-0.2, 0) is 35.7 Å². The summed E-state index contributed by atoms with van der Waals surface area (Å²) < 4.78 is 56.4. The molecule has 4 aliphatic rings. The molecule has 77 heavy (non-hydrogen) atoms. The van der Waals surface area contributed by atoms with Crippen molar-refractivity contribution in [1.29, 1.82) is 0 Å². The highest BCUT2D eigenvalue weighted by Gasteiger charge is 2.40. The van der Waals surface area contributed by atoms with Crippen LogP contribution in [0.2, 0.25) is 0 Å². The van der Waals surface area contributed by atoms with Crippen LogP contribution in [0, 0.1) is 11.6 Å². The summed E-state index contributed by atoms with van der Waals surface area (Å²) in [5.74, 6) is -0.844. The van der Waals surface area contributed by atoms with E-state index in [-0.39, 0.29) is 72.0 Å². The summed E-state index contributed by atoms with van der Waals surface area (Å²) in [5, 5.41) is 11.8. The number of hydrogen-bond donors (Lipinski definition) is 1. The van der Waals surface area contributed by atoms with E-state index in [9.17, 15) is 33.1 Å². The lowest BCUT2D eigenvalue weighted by atomic mass is 9.99. The van der Waals surface area contributed by atoms with E-state index in [1.54, 1.807) is 58.5 Å². The molecule has 12 rings (SSSR count). The number of nitrogens with zero attached hydrogens (tertiary/aromatic N) is 6. The van der Waals surface area contributed by atoms with Crippen LogP contribution in [0.3, 0.4) is 0 Å². The Hall–Kier alpha value is -9.00. The summed E-state index contributed by atoms with van der Waals surface area (Å²) in [6.07, 6.45) is 1.51. The largest absolute Gasteiger partial charge is 0.505 e. The number of phenols is 1. The van der Waals surface area contributed by atoms with E-state index in [4.69, 9.17) is 23.7 Å². The molecular formula is C59H50F2N6O10. The maximum atomic E-state index is 14.3. The first-order valence-electron chi connectivity index (χ1n) is 25.1. The van der Waals surface area contributed by atoms with Gasteiger partial charge in [0, 0.05) is 73.6 Å². The molecule has 390 valence electrons. The summed E-state index contributed by atoms with van der Waals surface area (Å²) in [7, 11) is 0. The molecule has 0 bridgehead atoms. The molecule has 0 spiro atoms. The first kappa shape index (κ1) is 50.2.